The molecular formula is C20H18ClF3N4O4. The fourth-order valence-corrected chi connectivity index (χ4v) is 3.44. The van der Waals surface area contributed by atoms with Gasteiger partial charge in [-0.05, 0) is 30.3 Å². The molecule has 2 aromatic rings. The third-order valence-corrected chi connectivity index (χ3v) is 5.30. The molecular weight excluding hydrogens is 453 g/mol. The van der Waals surface area contributed by atoms with Gasteiger partial charge in [-0.25, -0.2) is 0 Å². The molecule has 0 aliphatic carbocycles. The monoisotopic (exact) mass is 470 g/mol. The number of hydrogen-bond acceptors (Lipinski definition) is 5. The maximum Gasteiger partial charge on any atom is 0.416 e. The first-order chi connectivity index (χ1) is 15.1. The topological polar surface area (TPSA) is 95.8 Å². The fraction of sp³-hybridized carbons (Fsp3) is 0.300. The molecule has 3 rings (SSSR count). The molecule has 1 aliphatic heterocycles. The molecule has 32 heavy (non-hydrogen) atoms. The summed E-state index contributed by atoms with van der Waals surface area (Å²) >= 11 is 5.72. The zero-order valence-corrected chi connectivity index (χ0v) is 17.3. The van der Waals surface area contributed by atoms with E-state index < -0.39 is 28.3 Å². The van der Waals surface area contributed by atoms with Crippen molar-refractivity contribution in [2.24, 2.45) is 0 Å². The average molecular weight is 471 g/mol. The van der Waals surface area contributed by atoms with Gasteiger partial charge in [-0.3, -0.25) is 19.7 Å². The van der Waals surface area contributed by atoms with Crippen molar-refractivity contribution in [1.29, 1.82) is 0 Å². The van der Waals surface area contributed by atoms with Gasteiger partial charge in [0.05, 0.1) is 17.0 Å². The van der Waals surface area contributed by atoms with Crippen molar-refractivity contribution in [3.63, 3.8) is 0 Å². The number of nitro benzene ring substituents is 1. The summed E-state index contributed by atoms with van der Waals surface area (Å²) in [6.45, 7) is 0.905. The maximum atomic E-state index is 12.9. The predicted molar refractivity (Wildman–Crippen MR) is 111 cm³/mol. The summed E-state index contributed by atoms with van der Waals surface area (Å²) in [5, 5.41) is 13.2. The van der Waals surface area contributed by atoms with Crippen LogP contribution in [0.2, 0.25) is 5.02 Å². The lowest BCUT2D eigenvalue weighted by atomic mass is 10.1. The second-order valence-corrected chi connectivity index (χ2v) is 7.43. The SMILES string of the molecule is O=C(NCC(=O)N1CCN(c2cccc(C(F)(F)F)c2)CC1)c1ccc(Cl)c([N+](=O)[O-])c1. The van der Waals surface area contributed by atoms with Crippen molar-refractivity contribution in [2.45, 2.75) is 6.18 Å². The number of hydrogen-bond donors (Lipinski definition) is 1. The van der Waals surface area contributed by atoms with Crippen molar-refractivity contribution >= 4 is 34.8 Å². The molecule has 1 saturated heterocycles. The number of anilines is 1. The van der Waals surface area contributed by atoms with Crippen molar-refractivity contribution in [3.05, 3.63) is 68.7 Å². The van der Waals surface area contributed by atoms with Crippen LogP contribution in [0.5, 0.6) is 0 Å². The number of halogens is 4. The van der Waals surface area contributed by atoms with Gasteiger partial charge in [0.15, 0.2) is 0 Å². The van der Waals surface area contributed by atoms with E-state index in [0.29, 0.717) is 18.8 Å². The van der Waals surface area contributed by atoms with Crippen LogP contribution in [0, 0.1) is 10.1 Å². The van der Waals surface area contributed by atoms with E-state index in [0.717, 1.165) is 18.2 Å². The van der Waals surface area contributed by atoms with E-state index in [-0.39, 0.29) is 36.1 Å². The van der Waals surface area contributed by atoms with E-state index in [1.54, 1.807) is 11.0 Å². The van der Waals surface area contributed by atoms with Gasteiger partial charge in [0.2, 0.25) is 5.91 Å². The Bertz CT molecular complexity index is 1040. The van der Waals surface area contributed by atoms with Gasteiger partial charge in [-0.15, -0.1) is 0 Å². The smallest absolute Gasteiger partial charge is 0.368 e. The molecule has 1 N–H and O–H groups in total. The van der Waals surface area contributed by atoms with Crippen LogP contribution in [-0.2, 0) is 11.0 Å². The van der Waals surface area contributed by atoms with Crippen LogP contribution >= 0.6 is 11.6 Å². The number of carbonyl (C=O) groups excluding carboxylic acids is 2. The molecule has 0 spiro atoms. The van der Waals surface area contributed by atoms with E-state index in [1.165, 1.54) is 23.1 Å². The zero-order chi connectivity index (χ0) is 23.5. The number of benzene rings is 2. The summed E-state index contributed by atoms with van der Waals surface area (Å²) in [6.07, 6.45) is -4.43. The highest BCUT2D eigenvalue weighted by atomic mass is 35.5. The minimum atomic E-state index is -4.43. The fourth-order valence-electron chi connectivity index (χ4n) is 3.26. The minimum absolute atomic E-state index is 0.0109. The highest BCUT2D eigenvalue weighted by molar-refractivity contribution is 6.32. The summed E-state index contributed by atoms with van der Waals surface area (Å²) in [4.78, 5) is 38.1. The number of alkyl halides is 3. The first-order valence-electron chi connectivity index (χ1n) is 9.48. The molecule has 2 amide bonds. The van der Waals surface area contributed by atoms with E-state index in [2.05, 4.69) is 5.32 Å². The van der Waals surface area contributed by atoms with Crippen LogP contribution in [0.25, 0.3) is 0 Å². The molecule has 8 nitrogen and oxygen atoms in total. The molecule has 0 radical (unpaired) electrons. The Hall–Kier alpha value is -3.34. The zero-order valence-electron chi connectivity index (χ0n) is 16.6. The molecule has 0 atom stereocenters. The van der Waals surface area contributed by atoms with Gasteiger partial charge in [-0.1, -0.05) is 17.7 Å². The Labute approximate surface area is 185 Å². The lowest BCUT2D eigenvalue weighted by Crippen LogP contribution is -2.51. The lowest BCUT2D eigenvalue weighted by molar-refractivity contribution is -0.384. The van der Waals surface area contributed by atoms with E-state index in [4.69, 9.17) is 11.6 Å². The van der Waals surface area contributed by atoms with Gasteiger partial charge in [0.25, 0.3) is 11.6 Å². The van der Waals surface area contributed by atoms with E-state index in [1.807, 2.05) is 0 Å². The van der Waals surface area contributed by atoms with Gasteiger partial charge in [-0.2, -0.15) is 13.2 Å². The molecule has 2 aromatic carbocycles. The summed E-state index contributed by atoms with van der Waals surface area (Å²) in [7, 11) is 0. The van der Waals surface area contributed by atoms with E-state index in [9.17, 15) is 32.9 Å². The van der Waals surface area contributed by atoms with Gasteiger partial charge < -0.3 is 15.1 Å². The largest absolute Gasteiger partial charge is 0.416 e. The highest BCUT2D eigenvalue weighted by Crippen LogP contribution is 2.32. The predicted octanol–water partition coefficient (Wildman–Crippen LogP) is 3.35. The van der Waals surface area contributed by atoms with Crippen molar-refractivity contribution < 1.29 is 27.7 Å². The quantitative estimate of drug-likeness (QED) is 0.534. The number of carbonyl (C=O) groups is 2. The molecule has 170 valence electrons. The average Bonchev–Trinajstić information content (AvgIpc) is 2.77. The van der Waals surface area contributed by atoms with Gasteiger partial charge >= 0.3 is 6.18 Å². The second-order valence-electron chi connectivity index (χ2n) is 7.02. The summed E-state index contributed by atoms with van der Waals surface area (Å²) in [5.41, 5.74) is -0.747. The number of nitrogens with one attached hydrogen (secondary N) is 1. The Morgan fingerprint density at radius 1 is 1.09 bits per heavy atom. The van der Waals surface area contributed by atoms with Crippen LogP contribution < -0.4 is 10.2 Å². The van der Waals surface area contributed by atoms with Crippen LogP contribution in [-0.4, -0.2) is 54.4 Å². The Kier molecular flexibility index (Phi) is 6.87. The maximum absolute atomic E-state index is 12.9. The molecule has 0 bridgehead atoms. The number of nitro groups is 1. The third-order valence-electron chi connectivity index (χ3n) is 4.98. The lowest BCUT2D eigenvalue weighted by Gasteiger charge is -2.36. The van der Waals surface area contributed by atoms with Crippen molar-refractivity contribution in [3.8, 4) is 0 Å². The summed E-state index contributed by atoms with van der Waals surface area (Å²) in [6, 6.07) is 8.55. The Balaban J connectivity index is 1.53. The van der Waals surface area contributed by atoms with Gasteiger partial charge in [0, 0.05) is 43.5 Å². The number of piperazine rings is 1. The standard InChI is InChI=1S/C20H18ClF3N4O4/c21-16-5-4-13(10-17(16)28(31)32)19(30)25-12-18(29)27-8-6-26(7-9-27)15-3-1-2-14(11-15)20(22,23)24/h1-5,10-11H,6-9,12H2,(H,25,30). The Morgan fingerprint density at radius 2 is 1.78 bits per heavy atom. The van der Waals surface area contributed by atoms with Gasteiger partial charge in [0.1, 0.15) is 5.02 Å². The van der Waals surface area contributed by atoms with Crippen LogP contribution in [0.4, 0.5) is 24.5 Å². The first kappa shape index (κ1) is 23.3. The normalized spacial score (nSPS) is 14.2. The van der Waals surface area contributed by atoms with Crippen LogP contribution in [0.1, 0.15) is 15.9 Å². The molecule has 0 unspecified atom stereocenters. The molecule has 0 saturated carbocycles. The molecule has 1 fully saturated rings. The third kappa shape index (κ3) is 5.47. The minimum Gasteiger partial charge on any atom is -0.368 e. The molecule has 0 aromatic heterocycles. The number of amides is 2. The molecule has 1 aliphatic rings. The first-order valence-corrected chi connectivity index (χ1v) is 9.86. The summed E-state index contributed by atoms with van der Waals surface area (Å²) in [5.74, 6) is -1.04. The Morgan fingerprint density at radius 3 is 2.41 bits per heavy atom. The van der Waals surface area contributed by atoms with Crippen molar-refractivity contribution in [2.75, 3.05) is 37.6 Å². The highest BCUT2D eigenvalue weighted by Gasteiger charge is 2.31. The second kappa shape index (κ2) is 9.43. The molecule has 1 heterocycles. The van der Waals surface area contributed by atoms with Crippen LogP contribution in [0.3, 0.4) is 0 Å². The van der Waals surface area contributed by atoms with Crippen molar-refractivity contribution in [1.82, 2.24) is 10.2 Å². The summed E-state index contributed by atoms with van der Waals surface area (Å²) < 4.78 is 38.7. The van der Waals surface area contributed by atoms with E-state index >= 15 is 0 Å². The number of nitrogens with zero attached hydrogens (tertiary/aromatic N) is 3. The number of rotatable bonds is 5. The molecule has 12 heteroatoms. The van der Waals surface area contributed by atoms with Crippen LogP contribution in [0.15, 0.2) is 42.5 Å².